The lowest BCUT2D eigenvalue weighted by Crippen LogP contribution is -2.50. The Morgan fingerprint density at radius 2 is 2.14 bits per heavy atom. The van der Waals surface area contributed by atoms with Crippen LogP contribution in [0.25, 0.3) is 0 Å². The Hall–Kier alpha value is -1.41. The van der Waals surface area contributed by atoms with Crippen LogP contribution in [0.1, 0.15) is 23.4 Å². The summed E-state index contributed by atoms with van der Waals surface area (Å²) >= 11 is 0. The molecule has 0 spiro atoms. The predicted molar refractivity (Wildman–Crippen MR) is 77.4 cm³/mol. The summed E-state index contributed by atoms with van der Waals surface area (Å²) in [7, 11) is 0. The van der Waals surface area contributed by atoms with E-state index in [9.17, 15) is 15.0 Å². The maximum Gasteiger partial charge on any atom is 0.287 e. The van der Waals surface area contributed by atoms with Crippen LogP contribution in [-0.2, 0) is 4.74 Å². The number of ether oxygens (including phenoxy) is 1. The molecule has 122 valence electrons. The summed E-state index contributed by atoms with van der Waals surface area (Å²) < 4.78 is 10.8. The fourth-order valence-corrected chi connectivity index (χ4v) is 3.32. The molecule has 2 aliphatic rings. The number of furan rings is 1. The Bertz CT molecular complexity index is 486. The van der Waals surface area contributed by atoms with E-state index in [-0.39, 0.29) is 37.0 Å². The van der Waals surface area contributed by atoms with Crippen molar-refractivity contribution in [3.63, 3.8) is 0 Å². The van der Waals surface area contributed by atoms with Crippen LogP contribution in [0, 0.1) is 0 Å². The molecule has 0 aliphatic carbocycles. The molecular formula is C15H22N2O5. The first-order valence-electron chi connectivity index (χ1n) is 7.71. The highest BCUT2D eigenvalue weighted by Crippen LogP contribution is 2.28. The number of likely N-dealkylation sites (tertiary alicyclic amines) is 1. The van der Waals surface area contributed by atoms with Crippen LogP contribution in [0.2, 0.25) is 0 Å². The highest BCUT2D eigenvalue weighted by atomic mass is 16.5. The number of aliphatic hydroxyl groups is 2. The van der Waals surface area contributed by atoms with Crippen molar-refractivity contribution >= 4 is 5.91 Å². The van der Waals surface area contributed by atoms with E-state index in [4.69, 9.17) is 9.15 Å². The number of aliphatic hydroxyl groups excluding tert-OH is 2. The summed E-state index contributed by atoms with van der Waals surface area (Å²) in [6, 6.07) is 3.05. The molecule has 1 amide bonds. The molecule has 0 radical (unpaired) electrons. The summed E-state index contributed by atoms with van der Waals surface area (Å²) in [6.45, 7) is 1.86. The van der Waals surface area contributed by atoms with Crippen molar-refractivity contribution in [1.82, 2.24) is 10.2 Å². The molecule has 7 heteroatoms. The van der Waals surface area contributed by atoms with Crippen molar-refractivity contribution in [3.8, 4) is 0 Å². The van der Waals surface area contributed by atoms with Gasteiger partial charge in [-0.25, -0.2) is 0 Å². The topological polar surface area (TPSA) is 95.2 Å². The molecule has 1 aromatic heterocycles. The minimum Gasteiger partial charge on any atom is -0.459 e. The summed E-state index contributed by atoms with van der Waals surface area (Å²) in [5.74, 6) is -0.0642. The van der Waals surface area contributed by atoms with Crippen LogP contribution in [-0.4, -0.2) is 71.6 Å². The van der Waals surface area contributed by atoms with Gasteiger partial charge in [-0.15, -0.1) is 0 Å². The van der Waals surface area contributed by atoms with Gasteiger partial charge in [0.1, 0.15) is 12.2 Å². The Kier molecular flexibility index (Phi) is 4.77. The molecule has 7 nitrogen and oxygen atoms in total. The number of hydrogen-bond donors (Lipinski definition) is 3. The molecule has 22 heavy (non-hydrogen) atoms. The number of amides is 1. The molecule has 3 N–H and O–H groups in total. The van der Waals surface area contributed by atoms with Gasteiger partial charge >= 0.3 is 0 Å². The summed E-state index contributed by atoms with van der Waals surface area (Å²) in [4.78, 5) is 14.1. The number of nitrogens with zero attached hydrogens (tertiary/aromatic N) is 1. The molecule has 2 aliphatic heterocycles. The van der Waals surface area contributed by atoms with E-state index in [0.717, 1.165) is 25.9 Å². The van der Waals surface area contributed by atoms with Crippen LogP contribution in [0.5, 0.6) is 0 Å². The fraction of sp³-hybridized carbons (Fsp3) is 0.667. The van der Waals surface area contributed by atoms with Crippen LogP contribution in [0.4, 0.5) is 0 Å². The van der Waals surface area contributed by atoms with Gasteiger partial charge in [0.05, 0.1) is 25.0 Å². The quantitative estimate of drug-likeness (QED) is 0.685. The zero-order valence-electron chi connectivity index (χ0n) is 12.4. The van der Waals surface area contributed by atoms with E-state index in [0.29, 0.717) is 0 Å². The molecular weight excluding hydrogens is 288 g/mol. The molecule has 0 saturated carbocycles. The van der Waals surface area contributed by atoms with Crippen LogP contribution in [0.15, 0.2) is 22.8 Å². The van der Waals surface area contributed by atoms with Gasteiger partial charge < -0.3 is 24.7 Å². The first kappa shape index (κ1) is 15.5. The predicted octanol–water partition coefficient (Wildman–Crippen LogP) is -0.406. The first-order chi connectivity index (χ1) is 10.7. The van der Waals surface area contributed by atoms with Crippen molar-refractivity contribution in [2.45, 2.75) is 37.2 Å². The smallest absolute Gasteiger partial charge is 0.287 e. The second-order valence-corrected chi connectivity index (χ2v) is 5.81. The molecule has 0 unspecified atom stereocenters. The van der Waals surface area contributed by atoms with Crippen molar-refractivity contribution in [2.24, 2.45) is 0 Å². The van der Waals surface area contributed by atoms with Gasteiger partial charge in [0.15, 0.2) is 5.76 Å². The van der Waals surface area contributed by atoms with E-state index in [2.05, 4.69) is 10.2 Å². The van der Waals surface area contributed by atoms with Crippen LogP contribution in [0.3, 0.4) is 0 Å². The average Bonchev–Trinajstić information content (AvgIpc) is 3.25. The van der Waals surface area contributed by atoms with E-state index in [1.807, 2.05) is 0 Å². The molecule has 2 fully saturated rings. The van der Waals surface area contributed by atoms with Crippen molar-refractivity contribution < 1.29 is 24.2 Å². The van der Waals surface area contributed by atoms with Gasteiger partial charge in [-0.05, 0) is 38.1 Å². The third-order valence-corrected chi connectivity index (χ3v) is 4.41. The second kappa shape index (κ2) is 6.78. The SMILES string of the molecule is O=C(NC[C@H]1O[C@@H](CO)[C@@H](O)[C@H]1N1CCCC1)c1ccco1. The monoisotopic (exact) mass is 310 g/mol. The Labute approximate surface area is 128 Å². The lowest BCUT2D eigenvalue weighted by atomic mass is 10.0. The average molecular weight is 310 g/mol. The molecule has 2 saturated heterocycles. The number of hydrogen-bond acceptors (Lipinski definition) is 6. The van der Waals surface area contributed by atoms with E-state index >= 15 is 0 Å². The van der Waals surface area contributed by atoms with Crippen LogP contribution < -0.4 is 5.32 Å². The summed E-state index contributed by atoms with van der Waals surface area (Å²) in [5.41, 5.74) is 0. The maximum atomic E-state index is 11.9. The lowest BCUT2D eigenvalue weighted by Gasteiger charge is -2.29. The van der Waals surface area contributed by atoms with Gasteiger partial charge in [-0.2, -0.15) is 0 Å². The molecule has 3 rings (SSSR count). The van der Waals surface area contributed by atoms with Gasteiger partial charge in [-0.3, -0.25) is 9.69 Å². The first-order valence-corrected chi connectivity index (χ1v) is 7.71. The Morgan fingerprint density at radius 1 is 1.36 bits per heavy atom. The fourth-order valence-electron chi connectivity index (χ4n) is 3.32. The van der Waals surface area contributed by atoms with Gasteiger partial charge in [-0.1, -0.05) is 0 Å². The van der Waals surface area contributed by atoms with Crippen molar-refractivity contribution in [1.29, 1.82) is 0 Å². The number of carbonyl (C=O) groups excluding carboxylic acids is 1. The minimum atomic E-state index is -0.742. The number of nitrogens with one attached hydrogen (secondary N) is 1. The van der Waals surface area contributed by atoms with E-state index in [1.165, 1.54) is 6.26 Å². The molecule has 4 atom stereocenters. The minimum absolute atomic E-state index is 0.198. The van der Waals surface area contributed by atoms with Gasteiger partial charge in [0.2, 0.25) is 0 Å². The van der Waals surface area contributed by atoms with E-state index in [1.54, 1.807) is 12.1 Å². The summed E-state index contributed by atoms with van der Waals surface area (Å²) in [5, 5.41) is 22.5. The van der Waals surface area contributed by atoms with Crippen LogP contribution >= 0.6 is 0 Å². The highest BCUT2D eigenvalue weighted by molar-refractivity contribution is 5.91. The molecule has 3 heterocycles. The number of rotatable bonds is 5. The normalized spacial score (nSPS) is 32.5. The lowest BCUT2D eigenvalue weighted by molar-refractivity contribution is -0.0209. The zero-order valence-corrected chi connectivity index (χ0v) is 12.4. The second-order valence-electron chi connectivity index (χ2n) is 5.81. The van der Waals surface area contributed by atoms with Crippen molar-refractivity contribution in [3.05, 3.63) is 24.2 Å². The Morgan fingerprint density at radius 3 is 2.77 bits per heavy atom. The third-order valence-electron chi connectivity index (χ3n) is 4.41. The molecule has 0 aromatic carbocycles. The molecule has 1 aromatic rings. The third kappa shape index (κ3) is 3.03. The summed E-state index contributed by atoms with van der Waals surface area (Å²) in [6.07, 6.45) is 1.95. The van der Waals surface area contributed by atoms with Gasteiger partial charge in [0, 0.05) is 6.54 Å². The van der Waals surface area contributed by atoms with Gasteiger partial charge in [0.25, 0.3) is 5.91 Å². The van der Waals surface area contributed by atoms with E-state index < -0.39 is 12.2 Å². The maximum absolute atomic E-state index is 11.9. The largest absolute Gasteiger partial charge is 0.459 e. The Balaban J connectivity index is 1.63. The van der Waals surface area contributed by atoms with Crippen molar-refractivity contribution in [2.75, 3.05) is 26.2 Å². The standard InChI is InChI=1S/C15H22N2O5/c18-9-12-14(19)13(17-5-1-2-6-17)11(22-12)8-16-15(20)10-4-3-7-21-10/h3-4,7,11-14,18-19H,1-2,5-6,8-9H2,(H,16,20)/t11-,12+,13+,14-/m1/s1. The zero-order chi connectivity index (χ0) is 15.5. The highest BCUT2D eigenvalue weighted by Gasteiger charge is 2.46. The molecule has 0 bridgehead atoms. The number of carbonyl (C=O) groups is 1.